The molecule has 4 rings (SSSR count). The summed E-state index contributed by atoms with van der Waals surface area (Å²) >= 11 is 6.03. The van der Waals surface area contributed by atoms with E-state index in [4.69, 9.17) is 11.6 Å². The van der Waals surface area contributed by atoms with Gasteiger partial charge in [0.1, 0.15) is 5.82 Å². The third kappa shape index (κ3) is 4.20. The van der Waals surface area contributed by atoms with E-state index in [1.54, 1.807) is 34.1 Å². The van der Waals surface area contributed by atoms with Crippen LogP contribution in [0.3, 0.4) is 0 Å². The van der Waals surface area contributed by atoms with Crippen molar-refractivity contribution in [3.05, 3.63) is 94.3 Å². The maximum atomic E-state index is 13.3. The van der Waals surface area contributed by atoms with Crippen molar-refractivity contribution in [2.75, 3.05) is 26.2 Å². The van der Waals surface area contributed by atoms with E-state index in [0.29, 0.717) is 48.4 Å². The van der Waals surface area contributed by atoms with Gasteiger partial charge >= 0.3 is 0 Å². The van der Waals surface area contributed by atoms with Crippen molar-refractivity contribution in [1.29, 1.82) is 5.26 Å². The van der Waals surface area contributed by atoms with Gasteiger partial charge in [-0.05, 0) is 35.9 Å². The first-order valence-electron chi connectivity index (χ1n) is 10.1. The van der Waals surface area contributed by atoms with Crippen LogP contribution in [0.4, 0.5) is 4.39 Å². The van der Waals surface area contributed by atoms with Gasteiger partial charge in [0.15, 0.2) is 0 Å². The second-order valence-corrected chi connectivity index (χ2v) is 7.82. The molecule has 1 saturated heterocycles. The second-order valence-electron chi connectivity index (χ2n) is 7.41. The average Bonchev–Trinajstić information content (AvgIpc) is 2.83. The van der Waals surface area contributed by atoms with Gasteiger partial charge in [0.2, 0.25) is 0 Å². The minimum Gasteiger partial charge on any atom is -0.335 e. The second kappa shape index (κ2) is 9.21. The quantitative estimate of drug-likeness (QED) is 0.588. The first kappa shape index (κ1) is 21.5. The minimum absolute atomic E-state index is 0.0681. The largest absolute Gasteiger partial charge is 0.335 e. The molecular weight excluding hydrogens is 429 g/mol. The fourth-order valence-corrected chi connectivity index (χ4v) is 4.08. The van der Waals surface area contributed by atoms with Crippen molar-refractivity contribution in [1.82, 2.24) is 9.80 Å². The molecule has 160 valence electrons. The van der Waals surface area contributed by atoms with E-state index in [0.717, 1.165) is 6.07 Å². The molecule has 0 aliphatic carbocycles. The van der Waals surface area contributed by atoms with Crippen LogP contribution in [0, 0.1) is 17.1 Å². The Morgan fingerprint density at radius 2 is 1.38 bits per heavy atom. The number of hydrogen-bond donors (Lipinski definition) is 0. The zero-order valence-corrected chi connectivity index (χ0v) is 17.8. The maximum absolute atomic E-state index is 13.3. The van der Waals surface area contributed by atoms with E-state index in [1.165, 1.54) is 12.1 Å². The van der Waals surface area contributed by atoms with Gasteiger partial charge in [-0.25, -0.2) is 4.39 Å². The summed E-state index contributed by atoms with van der Waals surface area (Å²) in [6.45, 7) is 1.40. The summed E-state index contributed by atoms with van der Waals surface area (Å²) in [7, 11) is 0. The lowest BCUT2D eigenvalue weighted by Crippen LogP contribution is -2.50. The molecular formula is C25H19ClFN3O2. The number of nitrogens with zero attached hydrogens (tertiary/aromatic N) is 3. The van der Waals surface area contributed by atoms with Crippen LogP contribution in [0.1, 0.15) is 26.3 Å². The highest BCUT2D eigenvalue weighted by atomic mass is 35.5. The summed E-state index contributed by atoms with van der Waals surface area (Å²) in [6, 6.07) is 20.3. The van der Waals surface area contributed by atoms with E-state index < -0.39 is 5.82 Å². The molecule has 0 unspecified atom stereocenters. The molecule has 1 fully saturated rings. The summed E-state index contributed by atoms with van der Waals surface area (Å²) in [4.78, 5) is 29.4. The fraction of sp³-hybridized carbons (Fsp3) is 0.160. The molecule has 0 aromatic heterocycles. The Morgan fingerprint density at radius 1 is 0.812 bits per heavy atom. The van der Waals surface area contributed by atoms with E-state index in [9.17, 15) is 19.2 Å². The van der Waals surface area contributed by atoms with Crippen molar-refractivity contribution in [2.45, 2.75) is 0 Å². The van der Waals surface area contributed by atoms with Crippen LogP contribution in [0.2, 0.25) is 5.02 Å². The average molecular weight is 448 g/mol. The summed E-state index contributed by atoms with van der Waals surface area (Å²) in [6.07, 6.45) is 0. The predicted octanol–water partition coefficient (Wildman–Crippen LogP) is 4.62. The van der Waals surface area contributed by atoms with Gasteiger partial charge in [0.25, 0.3) is 11.8 Å². The molecule has 5 nitrogen and oxygen atoms in total. The van der Waals surface area contributed by atoms with Crippen LogP contribution < -0.4 is 0 Å². The summed E-state index contributed by atoms with van der Waals surface area (Å²) in [5.74, 6) is -0.940. The Hall–Kier alpha value is -3.69. The van der Waals surface area contributed by atoms with Gasteiger partial charge in [-0.2, -0.15) is 5.26 Å². The predicted molar refractivity (Wildman–Crippen MR) is 120 cm³/mol. The van der Waals surface area contributed by atoms with Crippen molar-refractivity contribution in [3.63, 3.8) is 0 Å². The van der Waals surface area contributed by atoms with Gasteiger partial charge in [0.05, 0.1) is 22.2 Å². The monoisotopic (exact) mass is 447 g/mol. The van der Waals surface area contributed by atoms with Crippen LogP contribution in [-0.4, -0.2) is 47.8 Å². The molecule has 0 atom stereocenters. The Bertz CT molecular complexity index is 1230. The third-order valence-corrected chi connectivity index (χ3v) is 5.82. The molecule has 3 aromatic carbocycles. The molecule has 32 heavy (non-hydrogen) atoms. The third-order valence-electron chi connectivity index (χ3n) is 5.51. The highest BCUT2D eigenvalue weighted by Crippen LogP contribution is 2.28. The lowest BCUT2D eigenvalue weighted by Gasteiger charge is -2.35. The molecule has 0 spiro atoms. The number of amides is 2. The molecule has 3 aromatic rings. The molecule has 0 N–H and O–H groups in total. The molecule has 0 radical (unpaired) electrons. The number of piperazine rings is 1. The molecule has 1 aliphatic heterocycles. The zero-order valence-electron chi connectivity index (χ0n) is 17.1. The molecule has 0 bridgehead atoms. The van der Waals surface area contributed by atoms with Gasteiger partial charge in [-0.15, -0.1) is 0 Å². The van der Waals surface area contributed by atoms with Crippen LogP contribution in [0.5, 0.6) is 0 Å². The number of rotatable bonds is 3. The normalized spacial score (nSPS) is 13.5. The Kier molecular flexibility index (Phi) is 6.20. The highest BCUT2D eigenvalue weighted by Gasteiger charge is 2.28. The Labute approximate surface area is 190 Å². The topological polar surface area (TPSA) is 64.4 Å². The molecule has 2 amide bonds. The SMILES string of the molecule is N#Cc1ccccc1-c1ccccc1C(=O)N1CCN(C(=O)c2ccc(F)cc2Cl)CC1. The van der Waals surface area contributed by atoms with Crippen LogP contribution in [0.25, 0.3) is 11.1 Å². The molecule has 1 heterocycles. The first-order chi connectivity index (χ1) is 15.5. The number of carbonyl (C=O) groups excluding carboxylic acids is 2. The Balaban J connectivity index is 1.51. The van der Waals surface area contributed by atoms with E-state index in [1.807, 2.05) is 24.3 Å². The minimum atomic E-state index is -0.501. The van der Waals surface area contributed by atoms with Gasteiger partial charge in [0, 0.05) is 37.3 Å². The standard InChI is InChI=1S/C25H19ClFN3O2/c26-23-15-18(27)9-10-22(23)25(32)30-13-11-29(12-14-30)24(31)21-8-4-3-7-20(21)19-6-2-1-5-17(19)16-28/h1-10,15H,11-14H2. The highest BCUT2D eigenvalue weighted by molar-refractivity contribution is 6.33. The number of carbonyl (C=O) groups is 2. The summed E-state index contributed by atoms with van der Waals surface area (Å²) in [5.41, 5.74) is 2.66. The van der Waals surface area contributed by atoms with Gasteiger partial charge in [-0.1, -0.05) is 48.0 Å². The smallest absolute Gasteiger partial charge is 0.255 e. The van der Waals surface area contributed by atoms with Crippen molar-refractivity contribution in [3.8, 4) is 17.2 Å². The molecule has 0 saturated carbocycles. The van der Waals surface area contributed by atoms with E-state index in [2.05, 4.69) is 6.07 Å². The van der Waals surface area contributed by atoms with Crippen molar-refractivity contribution < 1.29 is 14.0 Å². The lowest BCUT2D eigenvalue weighted by atomic mass is 9.95. The number of benzene rings is 3. The number of halogens is 2. The maximum Gasteiger partial charge on any atom is 0.255 e. The fourth-order valence-electron chi connectivity index (χ4n) is 3.84. The van der Waals surface area contributed by atoms with E-state index >= 15 is 0 Å². The number of hydrogen-bond acceptors (Lipinski definition) is 3. The zero-order chi connectivity index (χ0) is 22.7. The first-order valence-corrected chi connectivity index (χ1v) is 10.5. The Morgan fingerprint density at radius 3 is 2.00 bits per heavy atom. The van der Waals surface area contributed by atoms with Crippen molar-refractivity contribution >= 4 is 23.4 Å². The van der Waals surface area contributed by atoms with Gasteiger partial charge in [-0.3, -0.25) is 9.59 Å². The lowest BCUT2D eigenvalue weighted by molar-refractivity contribution is 0.0536. The molecule has 1 aliphatic rings. The van der Waals surface area contributed by atoms with E-state index in [-0.39, 0.29) is 22.4 Å². The van der Waals surface area contributed by atoms with Gasteiger partial charge < -0.3 is 9.80 Å². The molecule has 7 heteroatoms. The number of nitriles is 1. The summed E-state index contributed by atoms with van der Waals surface area (Å²) < 4.78 is 13.3. The van der Waals surface area contributed by atoms with Crippen molar-refractivity contribution in [2.24, 2.45) is 0 Å². The van der Waals surface area contributed by atoms with Crippen LogP contribution in [-0.2, 0) is 0 Å². The summed E-state index contributed by atoms with van der Waals surface area (Å²) in [5, 5.41) is 9.52. The van der Waals surface area contributed by atoms with Crippen LogP contribution >= 0.6 is 11.6 Å². The van der Waals surface area contributed by atoms with Crippen LogP contribution in [0.15, 0.2) is 66.7 Å².